The third-order valence-electron chi connectivity index (χ3n) is 4.93. The van der Waals surface area contributed by atoms with Gasteiger partial charge in [-0.25, -0.2) is 0 Å². The van der Waals surface area contributed by atoms with E-state index in [9.17, 15) is 18.5 Å². The molecule has 7 nitrogen and oxygen atoms in total. The second kappa shape index (κ2) is 9.74. The lowest BCUT2D eigenvalue weighted by Crippen LogP contribution is -2.49. The molecule has 1 saturated heterocycles. The van der Waals surface area contributed by atoms with Crippen LogP contribution in [0.4, 0.5) is 0 Å². The molecule has 0 radical (unpaired) electrons. The van der Waals surface area contributed by atoms with E-state index in [0.29, 0.717) is 6.42 Å². The van der Waals surface area contributed by atoms with Crippen LogP contribution < -0.4 is 14.8 Å². The van der Waals surface area contributed by atoms with E-state index < -0.39 is 16.2 Å². The van der Waals surface area contributed by atoms with Crippen molar-refractivity contribution in [1.29, 1.82) is 5.26 Å². The van der Waals surface area contributed by atoms with E-state index in [1.165, 1.54) is 0 Å². The summed E-state index contributed by atoms with van der Waals surface area (Å²) in [5, 5.41) is 15.5. The Morgan fingerprint density at radius 1 is 1.17 bits per heavy atom. The number of carbonyl (C=O) groups is 1. The Morgan fingerprint density at radius 2 is 1.80 bits per heavy atom. The fraction of sp³-hybridized carbons (Fsp3) is 0.364. The summed E-state index contributed by atoms with van der Waals surface area (Å²) in [5.41, 5.74) is 2.81. The molecule has 1 amide bonds. The van der Waals surface area contributed by atoms with E-state index in [-0.39, 0.29) is 17.7 Å². The number of hydrogen-bond donors (Lipinski definition) is 2. The van der Waals surface area contributed by atoms with Gasteiger partial charge in [-0.05, 0) is 48.2 Å². The quantitative estimate of drug-likeness (QED) is 0.657. The first-order valence-corrected chi connectivity index (χ1v) is 11.7. The van der Waals surface area contributed by atoms with Crippen LogP contribution in [0, 0.1) is 11.3 Å². The number of amides is 1. The van der Waals surface area contributed by atoms with Crippen LogP contribution in [0.15, 0.2) is 48.5 Å². The summed E-state index contributed by atoms with van der Waals surface area (Å²) in [6.45, 7) is 0.831. The van der Waals surface area contributed by atoms with Crippen molar-refractivity contribution >= 4 is 16.0 Å². The average Bonchev–Trinajstić information content (AvgIpc) is 2.74. The second-order valence-corrected chi connectivity index (χ2v) is 8.98. The lowest BCUT2D eigenvalue weighted by molar-refractivity contribution is -0.124. The molecule has 2 atom stereocenters. The lowest BCUT2D eigenvalue weighted by atomic mass is 10.00. The Labute approximate surface area is 177 Å². The predicted molar refractivity (Wildman–Crippen MR) is 114 cm³/mol. The number of nitrogens with zero attached hydrogens (tertiary/aromatic N) is 1. The van der Waals surface area contributed by atoms with E-state index in [2.05, 4.69) is 16.7 Å². The van der Waals surface area contributed by atoms with E-state index in [0.717, 1.165) is 48.8 Å². The maximum Gasteiger partial charge on any atom is 0.306 e. The monoisotopic (exact) mass is 427 g/mol. The maximum absolute atomic E-state index is 12.3. The highest BCUT2D eigenvalue weighted by atomic mass is 32.2. The van der Waals surface area contributed by atoms with Crippen molar-refractivity contribution in [1.82, 2.24) is 10.6 Å². The minimum absolute atomic E-state index is 0.116. The van der Waals surface area contributed by atoms with Crippen molar-refractivity contribution in [3.8, 4) is 22.9 Å². The number of nitrogens with one attached hydrogen (secondary N) is 2. The number of rotatable bonds is 7. The summed E-state index contributed by atoms with van der Waals surface area (Å²) in [6, 6.07) is 15.8. The van der Waals surface area contributed by atoms with Crippen LogP contribution in [-0.4, -0.2) is 39.2 Å². The van der Waals surface area contributed by atoms with Crippen molar-refractivity contribution in [2.75, 3.05) is 12.8 Å². The van der Waals surface area contributed by atoms with Gasteiger partial charge in [-0.3, -0.25) is 4.79 Å². The molecule has 2 N–H and O–H groups in total. The zero-order valence-corrected chi connectivity index (χ0v) is 17.6. The largest absolute Gasteiger partial charge is 0.383 e. The lowest BCUT2D eigenvalue weighted by Gasteiger charge is -2.23. The van der Waals surface area contributed by atoms with Crippen molar-refractivity contribution in [3.63, 3.8) is 0 Å². The van der Waals surface area contributed by atoms with Gasteiger partial charge in [0.05, 0.1) is 18.4 Å². The van der Waals surface area contributed by atoms with Crippen LogP contribution in [-0.2, 0) is 21.3 Å². The molecule has 3 rings (SSSR count). The SMILES string of the molecule is CS(=O)(=O)Oc1ccc(-c2ccc(CC(C#N)NC(=O)C3CCCCN3)cc2)cc1. The molecule has 158 valence electrons. The summed E-state index contributed by atoms with van der Waals surface area (Å²) in [7, 11) is -3.55. The Morgan fingerprint density at radius 3 is 2.33 bits per heavy atom. The zero-order valence-electron chi connectivity index (χ0n) is 16.8. The van der Waals surface area contributed by atoms with Gasteiger partial charge in [-0.1, -0.05) is 42.8 Å². The highest BCUT2D eigenvalue weighted by Gasteiger charge is 2.23. The summed E-state index contributed by atoms with van der Waals surface area (Å²) in [6.07, 6.45) is 4.32. The summed E-state index contributed by atoms with van der Waals surface area (Å²) in [4.78, 5) is 12.3. The van der Waals surface area contributed by atoms with Crippen LogP contribution >= 0.6 is 0 Å². The number of benzene rings is 2. The van der Waals surface area contributed by atoms with Crippen molar-refractivity contribution in [2.45, 2.75) is 37.8 Å². The van der Waals surface area contributed by atoms with Gasteiger partial charge in [0.2, 0.25) is 5.91 Å². The molecule has 1 heterocycles. The van der Waals surface area contributed by atoms with E-state index in [1.807, 2.05) is 24.3 Å². The number of piperidine rings is 1. The molecule has 30 heavy (non-hydrogen) atoms. The van der Waals surface area contributed by atoms with Crippen LogP contribution in [0.25, 0.3) is 11.1 Å². The molecule has 0 saturated carbocycles. The molecule has 2 aromatic carbocycles. The number of nitriles is 1. The van der Waals surface area contributed by atoms with Crippen molar-refractivity contribution in [3.05, 3.63) is 54.1 Å². The Bertz CT molecular complexity index is 1010. The molecule has 8 heteroatoms. The molecule has 1 aliphatic heterocycles. The Hall–Kier alpha value is -2.89. The van der Waals surface area contributed by atoms with Crippen LogP contribution in [0.5, 0.6) is 5.75 Å². The maximum atomic E-state index is 12.3. The highest BCUT2D eigenvalue weighted by molar-refractivity contribution is 7.86. The first-order valence-electron chi connectivity index (χ1n) is 9.86. The fourth-order valence-corrected chi connectivity index (χ4v) is 3.88. The highest BCUT2D eigenvalue weighted by Crippen LogP contribution is 2.23. The summed E-state index contributed by atoms with van der Waals surface area (Å²) >= 11 is 0. The molecule has 0 bridgehead atoms. The van der Waals surface area contributed by atoms with Gasteiger partial charge in [0.15, 0.2) is 0 Å². The average molecular weight is 428 g/mol. The predicted octanol–water partition coefficient (Wildman–Crippen LogP) is 2.38. The summed E-state index contributed by atoms with van der Waals surface area (Å²) in [5.74, 6) is 0.146. The molecule has 0 aliphatic carbocycles. The van der Waals surface area contributed by atoms with E-state index in [1.54, 1.807) is 24.3 Å². The summed E-state index contributed by atoms with van der Waals surface area (Å²) < 4.78 is 27.2. The second-order valence-electron chi connectivity index (χ2n) is 7.41. The third kappa shape index (κ3) is 6.31. The zero-order chi connectivity index (χ0) is 21.6. The van der Waals surface area contributed by atoms with Crippen LogP contribution in [0.1, 0.15) is 24.8 Å². The van der Waals surface area contributed by atoms with Gasteiger partial charge in [0, 0.05) is 6.42 Å². The first kappa shape index (κ1) is 21.8. The van der Waals surface area contributed by atoms with Gasteiger partial charge < -0.3 is 14.8 Å². The normalized spacial score (nSPS) is 17.5. The Balaban J connectivity index is 1.60. The first-order chi connectivity index (χ1) is 14.3. The molecule has 1 fully saturated rings. The van der Waals surface area contributed by atoms with Gasteiger partial charge in [-0.15, -0.1) is 0 Å². The molecule has 2 unspecified atom stereocenters. The number of carbonyl (C=O) groups excluding carboxylic acids is 1. The van der Waals surface area contributed by atoms with E-state index in [4.69, 9.17) is 4.18 Å². The topological polar surface area (TPSA) is 108 Å². The fourth-order valence-electron chi connectivity index (χ4n) is 3.42. The van der Waals surface area contributed by atoms with Gasteiger partial charge in [0.1, 0.15) is 11.8 Å². The number of hydrogen-bond acceptors (Lipinski definition) is 6. The molecule has 0 aromatic heterocycles. The van der Waals surface area contributed by atoms with Gasteiger partial charge in [0.25, 0.3) is 0 Å². The third-order valence-corrected chi connectivity index (χ3v) is 5.42. The smallest absolute Gasteiger partial charge is 0.306 e. The molecular formula is C22H25N3O4S. The van der Waals surface area contributed by atoms with Crippen molar-refractivity contribution in [2.24, 2.45) is 0 Å². The molecule has 0 spiro atoms. The minimum Gasteiger partial charge on any atom is -0.383 e. The van der Waals surface area contributed by atoms with Gasteiger partial charge in [-0.2, -0.15) is 13.7 Å². The standard InChI is InChI=1S/C22H25N3O4S/c1-30(27,28)29-20-11-9-18(10-12-20)17-7-5-16(6-8-17)14-19(15-23)25-22(26)21-4-2-3-13-24-21/h5-12,19,21,24H,2-4,13-14H2,1H3,(H,25,26). The van der Waals surface area contributed by atoms with Gasteiger partial charge >= 0.3 is 10.1 Å². The van der Waals surface area contributed by atoms with Crippen molar-refractivity contribution < 1.29 is 17.4 Å². The van der Waals surface area contributed by atoms with Crippen LogP contribution in [0.3, 0.4) is 0 Å². The van der Waals surface area contributed by atoms with Crippen LogP contribution in [0.2, 0.25) is 0 Å². The minimum atomic E-state index is -3.55. The molecular weight excluding hydrogens is 402 g/mol. The molecule has 1 aliphatic rings. The van der Waals surface area contributed by atoms with E-state index >= 15 is 0 Å². The molecule has 2 aromatic rings. The Kier molecular flexibility index (Phi) is 7.08.